The minimum absolute atomic E-state index is 0.0150. The van der Waals surface area contributed by atoms with E-state index in [1.54, 1.807) is 23.8 Å². The van der Waals surface area contributed by atoms with E-state index in [2.05, 4.69) is 20.5 Å². The summed E-state index contributed by atoms with van der Waals surface area (Å²) < 4.78 is 11.0. The van der Waals surface area contributed by atoms with Crippen molar-refractivity contribution in [3.63, 3.8) is 0 Å². The van der Waals surface area contributed by atoms with E-state index < -0.39 is 0 Å². The maximum atomic E-state index is 12.7. The zero-order chi connectivity index (χ0) is 25.1. The number of amides is 2. The van der Waals surface area contributed by atoms with Gasteiger partial charge in [-0.1, -0.05) is 6.07 Å². The number of aromatic amines is 1. The zero-order valence-corrected chi connectivity index (χ0v) is 20.9. The number of rotatable bonds is 7. The van der Waals surface area contributed by atoms with Crippen LogP contribution < -0.4 is 10.1 Å². The van der Waals surface area contributed by atoms with Crippen molar-refractivity contribution in [3.8, 4) is 17.2 Å². The lowest BCUT2D eigenvalue weighted by atomic mass is 9.97. The molecule has 4 heterocycles. The fourth-order valence-corrected chi connectivity index (χ4v) is 5.09. The van der Waals surface area contributed by atoms with E-state index in [1.807, 2.05) is 43.0 Å². The first-order chi connectivity index (χ1) is 17.5. The van der Waals surface area contributed by atoms with Crippen molar-refractivity contribution in [2.24, 2.45) is 0 Å². The molecule has 1 saturated heterocycles. The average molecular weight is 506 g/mol. The minimum Gasteiger partial charge on any atom is -0.484 e. The number of piperidine rings is 1. The molecule has 2 N–H and O–H groups in total. The van der Waals surface area contributed by atoms with E-state index in [1.165, 1.54) is 16.9 Å². The molecule has 36 heavy (non-hydrogen) atoms. The first kappa shape index (κ1) is 23.8. The van der Waals surface area contributed by atoms with Gasteiger partial charge >= 0.3 is 0 Å². The van der Waals surface area contributed by atoms with Crippen LogP contribution in [0.4, 0.5) is 5.82 Å². The summed E-state index contributed by atoms with van der Waals surface area (Å²) in [7, 11) is 0. The van der Waals surface area contributed by atoms with E-state index in [9.17, 15) is 9.59 Å². The molecule has 0 spiro atoms. The third-order valence-corrected chi connectivity index (χ3v) is 7.41. The molecule has 0 bridgehead atoms. The first-order valence-corrected chi connectivity index (χ1v) is 12.7. The summed E-state index contributed by atoms with van der Waals surface area (Å²) in [4.78, 5) is 31.7. The van der Waals surface area contributed by atoms with Crippen molar-refractivity contribution in [2.75, 3.05) is 25.0 Å². The van der Waals surface area contributed by atoms with Crippen LogP contribution in [0.15, 0.2) is 52.5 Å². The smallest absolute Gasteiger partial charge is 0.276 e. The fraction of sp³-hybridized carbons (Fsp3) is 0.308. The Hall–Kier alpha value is -3.92. The van der Waals surface area contributed by atoms with Gasteiger partial charge in [-0.2, -0.15) is 5.10 Å². The number of benzene rings is 1. The molecule has 3 aromatic heterocycles. The molecule has 0 unspecified atom stereocenters. The molecular weight excluding hydrogens is 478 g/mol. The average Bonchev–Trinajstić information content (AvgIpc) is 3.66. The second-order valence-electron chi connectivity index (χ2n) is 8.86. The lowest BCUT2D eigenvalue weighted by Crippen LogP contribution is -2.40. The topological polar surface area (TPSA) is 113 Å². The zero-order valence-electron chi connectivity index (χ0n) is 20.1. The van der Waals surface area contributed by atoms with Gasteiger partial charge in [-0.3, -0.25) is 14.7 Å². The fourth-order valence-electron chi connectivity index (χ4n) is 4.12. The number of anilines is 1. The second-order valence-corrected chi connectivity index (χ2v) is 9.75. The van der Waals surface area contributed by atoms with Crippen molar-refractivity contribution in [1.82, 2.24) is 20.1 Å². The van der Waals surface area contributed by atoms with E-state index in [4.69, 9.17) is 9.15 Å². The maximum Gasteiger partial charge on any atom is 0.276 e. The predicted molar refractivity (Wildman–Crippen MR) is 136 cm³/mol. The first-order valence-electron chi connectivity index (χ1n) is 11.8. The molecule has 1 aromatic carbocycles. The van der Waals surface area contributed by atoms with Gasteiger partial charge in [-0.15, -0.1) is 11.3 Å². The lowest BCUT2D eigenvalue weighted by Gasteiger charge is -2.31. The van der Waals surface area contributed by atoms with Crippen molar-refractivity contribution in [1.29, 1.82) is 0 Å². The summed E-state index contributed by atoms with van der Waals surface area (Å²) in [6, 6.07) is 11.1. The van der Waals surface area contributed by atoms with Crippen molar-refractivity contribution in [3.05, 3.63) is 69.9 Å². The molecule has 0 radical (unpaired) electrons. The molecule has 1 aliphatic rings. The number of H-pyrrole nitrogens is 1. The van der Waals surface area contributed by atoms with Crippen molar-refractivity contribution >= 4 is 29.0 Å². The van der Waals surface area contributed by atoms with Gasteiger partial charge in [0.25, 0.3) is 11.8 Å². The molecule has 0 saturated carbocycles. The van der Waals surface area contributed by atoms with Crippen LogP contribution in [0, 0.1) is 13.8 Å². The number of nitrogens with zero attached hydrogens (tertiary/aromatic N) is 3. The molecule has 1 fully saturated rings. The number of likely N-dealkylation sites (tertiary alicyclic amines) is 1. The maximum absolute atomic E-state index is 12.7. The predicted octanol–water partition coefficient (Wildman–Crippen LogP) is 4.78. The van der Waals surface area contributed by atoms with Gasteiger partial charge in [0.2, 0.25) is 0 Å². The number of carbonyl (C=O) groups is 2. The van der Waals surface area contributed by atoms with Crippen LogP contribution >= 0.6 is 11.3 Å². The third kappa shape index (κ3) is 5.33. The van der Waals surface area contributed by atoms with Gasteiger partial charge in [0, 0.05) is 30.5 Å². The third-order valence-electron chi connectivity index (χ3n) is 6.40. The molecule has 4 aromatic rings. The highest BCUT2D eigenvalue weighted by Crippen LogP contribution is 2.31. The quantitative estimate of drug-likeness (QED) is 0.374. The molecule has 1 aliphatic heterocycles. The summed E-state index contributed by atoms with van der Waals surface area (Å²) in [5, 5.41) is 12.4. The number of aryl methyl sites for hydroxylation is 2. The van der Waals surface area contributed by atoms with Gasteiger partial charge in [-0.05, 0) is 62.1 Å². The van der Waals surface area contributed by atoms with Crippen LogP contribution in [0.3, 0.4) is 0 Å². The summed E-state index contributed by atoms with van der Waals surface area (Å²) >= 11 is 1.47. The Bertz CT molecular complexity index is 1350. The van der Waals surface area contributed by atoms with E-state index >= 15 is 0 Å². The van der Waals surface area contributed by atoms with Crippen LogP contribution in [0.25, 0.3) is 11.5 Å². The molecule has 0 aliphatic carbocycles. The molecule has 9 nitrogen and oxygen atoms in total. The largest absolute Gasteiger partial charge is 0.484 e. The van der Waals surface area contributed by atoms with Crippen LogP contribution in [0.1, 0.15) is 45.4 Å². The van der Waals surface area contributed by atoms with E-state index in [0.29, 0.717) is 41.8 Å². The molecule has 2 amide bonds. The van der Waals surface area contributed by atoms with Gasteiger partial charge in [0.05, 0.1) is 11.3 Å². The van der Waals surface area contributed by atoms with Crippen molar-refractivity contribution in [2.45, 2.75) is 32.6 Å². The second kappa shape index (κ2) is 10.4. The van der Waals surface area contributed by atoms with Crippen LogP contribution in [-0.4, -0.2) is 51.6 Å². The van der Waals surface area contributed by atoms with Gasteiger partial charge in [0.15, 0.2) is 18.2 Å². The number of hydrogen-bond donors (Lipinski definition) is 2. The Labute approximate surface area is 212 Å². The summed E-state index contributed by atoms with van der Waals surface area (Å²) in [6.45, 7) is 5.39. The van der Waals surface area contributed by atoms with Gasteiger partial charge in [-0.25, -0.2) is 4.98 Å². The number of thiazole rings is 1. The summed E-state index contributed by atoms with van der Waals surface area (Å²) in [6.07, 6.45) is 3.18. The Kier molecular flexibility index (Phi) is 6.86. The number of carbonyl (C=O) groups excluding carboxylic acids is 2. The Morgan fingerprint density at radius 1 is 1.19 bits per heavy atom. The van der Waals surface area contributed by atoms with E-state index in [-0.39, 0.29) is 24.3 Å². The number of furan rings is 1. The Morgan fingerprint density at radius 2 is 2.03 bits per heavy atom. The Balaban J connectivity index is 1.11. The number of ether oxygens (including phenoxy) is 1. The summed E-state index contributed by atoms with van der Waals surface area (Å²) in [5.74, 6) is 1.64. The molecule has 5 rings (SSSR count). The monoisotopic (exact) mass is 505 g/mol. The summed E-state index contributed by atoms with van der Waals surface area (Å²) in [5.41, 5.74) is 3.37. The number of nitrogens with one attached hydrogen (secondary N) is 2. The van der Waals surface area contributed by atoms with E-state index in [0.717, 1.165) is 23.4 Å². The SMILES string of the molecule is Cc1ccc(OCC(=O)N2CCC(c3nc(C(=O)Nc4cc(-c5ccco5)[nH]n4)cs3)CC2)cc1C. The van der Waals surface area contributed by atoms with Crippen LogP contribution in [0.5, 0.6) is 5.75 Å². The lowest BCUT2D eigenvalue weighted by molar-refractivity contribution is -0.134. The van der Waals surface area contributed by atoms with Crippen LogP contribution in [0.2, 0.25) is 0 Å². The van der Waals surface area contributed by atoms with Gasteiger partial charge in [0.1, 0.15) is 17.1 Å². The highest BCUT2D eigenvalue weighted by atomic mass is 32.1. The highest BCUT2D eigenvalue weighted by molar-refractivity contribution is 7.10. The minimum atomic E-state index is -0.314. The Morgan fingerprint density at radius 3 is 2.78 bits per heavy atom. The van der Waals surface area contributed by atoms with Crippen molar-refractivity contribution < 1.29 is 18.7 Å². The standard InChI is InChI=1S/C26H27N5O4S/c1-16-5-6-19(12-17(16)2)35-14-24(32)31-9-7-18(8-10-31)26-27-21(15-36-26)25(33)28-23-13-20(29-30-23)22-4-3-11-34-22/h3-6,11-13,15,18H,7-10,14H2,1-2H3,(H2,28,29,30,33). The van der Waals surface area contributed by atoms with Gasteiger partial charge < -0.3 is 19.4 Å². The highest BCUT2D eigenvalue weighted by Gasteiger charge is 2.26. The van der Waals surface area contributed by atoms with Crippen LogP contribution in [-0.2, 0) is 4.79 Å². The molecule has 10 heteroatoms. The molecular formula is C26H27N5O4S. The molecule has 0 atom stereocenters. The number of hydrogen-bond acceptors (Lipinski definition) is 7. The molecule has 186 valence electrons. The normalized spacial score (nSPS) is 14.1. The number of aromatic nitrogens is 3.